The highest BCUT2D eigenvalue weighted by Crippen LogP contribution is 2.17. The van der Waals surface area contributed by atoms with Crippen LogP contribution in [0.25, 0.3) is 0 Å². The fourth-order valence-electron chi connectivity index (χ4n) is 1.82. The minimum atomic E-state index is 0.0709. The second-order valence-corrected chi connectivity index (χ2v) is 4.68. The molecule has 1 rings (SSSR count). The molecule has 1 aromatic rings. The molecular formula is C16H27NO3. The van der Waals surface area contributed by atoms with Crippen LogP contribution in [0.5, 0.6) is 0 Å². The molecular weight excluding hydrogens is 254 g/mol. The van der Waals surface area contributed by atoms with Crippen molar-refractivity contribution in [1.82, 2.24) is 5.32 Å². The summed E-state index contributed by atoms with van der Waals surface area (Å²) in [6, 6.07) is 8.49. The number of likely N-dealkylation sites (N-methyl/N-ethyl adjacent to an activating group) is 1. The largest absolute Gasteiger partial charge is 0.382 e. The van der Waals surface area contributed by atoms with E-state index in [-0.39, 0.29) is 6.10 Å². The van der Waals surface area contributed by atoms with Crippen LogP contribution in [0.3, 0.4) is 0 Å². The molecule has 1 atom stereocenters. The van der Waals surface area contributed by atoms with Crippen molar-refractivity contribution in [2.75, 3.05) is 46.6 Å². The van der Waals surface area contributed by atoms with Gasteiger partial charge in [0.1, 0.15) is 0 Å². The third-order valence-electron chi connectivity index (χ3n) is 3.01. The van der Waals surface area contributed by atoms with Crippen molar-refractivity contribution in [2.45, 2.75) is 20.0 Å². The van der Waals surface area contributed by atoms with Crippen LogP contribution in [0.15, 0.2) is 24.3 Å². The van der Waals surface area contributed by atoms with E-state index < -0.39 is 0 Å². The first kappa shape index (κ1) is 17.1. The Kier molecular flexibility index (Phi) is 9.24. The molecule has 1 aromatic carbocycles. The van der Waals surface area contributed by atoms with Crippen molar-refractivity contribution in [3.63, 3.8) is 0 Å². The molecule has 0 saturated carbocycles. The number of rotatable bonds is 11. The molecule has 0 saturated heterocycles. The smallest absolute Gasteiger partial charge is 0.0950 e. The molecule has 0 heterocycles. The lowest BCUT2D eigenvalue weighted by molar-refractivity contribution is -0.00671. The third kappa shape index (κ3) is 7.01. The van der Waals surface area contributed by atoms with E-state index in [0.717, 1.165) is 13.1 Å². The van der Waals surface area contributed by atoms with Crippen molar-refractivity contribution in [3.8, 4) is 0 Å². The van der Waals surface area contributed by atoms with Crippen LogP contribution in [-0.2, 0) is 14.2 Å². The summed E-state index contributed by atoms with van der Waals surface area (Å²) in [5.74, 6) is 0. The summed E-state index contributed by atoms with van der Waals surface area (Å²) in [6.07, 6.45) is 0.0709. The van der Waals surface area contributed by atoms with Gasteiger partial charge in [0, 0.05) is 13.7 Å². The monoisotopic (exact) mass is 281 g/mol. The molecule has 0 bridgehead atoms. The zero-order valence-electron chi connectivity index (χ0n) is 12.9. The van der Waals surface area contributed by atoms with Crippen LogP contribution >= 0.6 is 0 Å². The summed E-state index contributed by atoms with van der Waals surface area (Å²) in [4.78, 5) is 0. The van der Waals surface area contributed by atoms with Gasteiger partial charge in [-0.25, -0.2) is 0 Å². The Bertz CT molecular complexity index is 340. The minimum Gasteiger partial charge on any atom is -0.382 e. The number of methoxy groups -OCH3 is 1. The van der Waals surface area contributed by atoms with E-state index in [9.17, 15) is 0 Å². The van der Waals surface area contributed by atoms with Crippen molar-refractivity contribution in [3.05, 3.63) is 35.4 Å². The average molecular weight is 281 g/mol. The lowest BCUT2D eigenvalue weighted by atomic mass is 10.1. The van der Waals surface area contributed by atoms with Gasteiger partial charge in [0.25, 0.3) is 0 Å². The van der Waals surface area contributed by atoms with E-state index in [0.29, 0.717) is 26.4 Å². The number of benzene rings is 1. The van der Waals surface area contributed by atoms with Gasteiger partial charge in [-0.2, -0.15) is 0 Å². The first-order chi connectivity index (χ1) is 9.77. The molecule has 0 aromatic heterocycles. The van der Waals surface area contributed by atoms with Gasteiger partial charge in [-0.05, 0) is 19.0 Å². The molecule has 20 heavy (non-hydrogen) atoms. The van der Waals surface area contributed by atoms with E-state index >= 15 is 0 Å². The fourth-order valence-corrected chi connectivity index (χ4v) is 1.82. The molecule has 4 heteroatoms. The van der Waals surface area contributed by atoms with E-state index in [1.54, 1.807) is 7.11 Å². The van der Waals surface area contributed by atoms with Crippen LogP contribution in [-0.4, -0.2) is 46.6 Å². The number of hydrogen-bond donors (Lipinski definition) is 1. The molecule has 0 fully saturated rings. The fraction of sp³-hybridized carbons (Fsp3) is 0.625. The van der Waals surface area contributed by atoms with Crippen molar-refractivity contribution < 1.29 is 14.2 Å². The van der Waals surface area contributed by atoms with Crippen molar-refractivity contribution >= 4 is 0 Å². The Morgan fingerprint density at radius 3 is 2.40 bits per heavy atom. The second-order valence-electron chi connectivity index (χ2n) is 4.68. The quantitative estimate of drug-likeness (QED) is 0.632. The van der Waals surface area contributed by atoms with Crippen LogP contribution in [0.2, 0.25) is 0 Å². The van der Waals surface area contributed by atoms with Crippen molar-refractivity contribution in [2.24, 2.45) is 0 Å². The highest BCUT2D eigenvalue weighted by Gasteiger charge is 2.11. The molecule has 0 aliphatic carbocycles. The molecule has 4 nitrogen and oxygen atoms in total. The van der Waals surface area contributed by atoms with E-state index in [1.807, 2.05) is 0 Å². The van der Waals surface area contributed by atoms with Gasteiger partial charge in [0.15, 0.2) is 0 Å². The van der Waals surface area contributed by atoms with Crippen LogP contribution in [0.4, 0.5) is 0 Å². The zero-order valence-corrected chi connectivity index (χ0v) is 12.9. The number of ether oxygens (including phenoxy) is 3. The minimum absolute atomic E-state index is 0.0709. The predicted molar refractivity (Wildman–Crippen MR) is 81.1 cm³/mol. The molecule has 0 amide bonds. The summed E-state index contributed by atoms with van der Waals surface area (Å²) < 4.78 is 16.3. The maximum atomic E-state index is 5.92. The van der Waals surface area contributed by atoms with Crippen LogP contribution < -0.4 is 5.32 Å². The normalized spacial score (nSPS) is 12.6. The van der Waals surface area contributed by atoms with Gasteiger partial charge < -0.3 is 19.5 Å². The Labute approximate surface area is 122 Å². The molecule has 0 radical (unpaired) electrons. The summed E-state index contributed by atoms with van der Waals surface area (Å²) in [5.41, 5.74) is 2.47. The molecule has 0 aliphatic heterocycles. The van der Waals surface area contributed by atoms with E-state index in [1.165, 1.54) is 11.1 Å². The Balaban J connectivity index is 2.37. The van der Waals surface area contributed by atoms with E-state index in [2.05, 4.69) is 43.4 Å². The second kappa shape index (κ2) is 10.8. The number of nitrogens with one attached hydrogen (secondary N) is 1. The maximum absolute atomic E-state index is 5.92. The van der Waals surface area contributed by atoms with Gasteiger partial charge in [0.05, 0.1) is 32.5 Å². The molecule has 0 aliphatic rings. The highest BCUT2D eigenvalue weighted by molar-refractivity contribution is 5.23. The Hall–Kier alpha value is -0.940. The SMILES string of the molecule is CCNCC(OCCOCCOC)c1ccc(C)cc1. The van der Waals surface area contributed by atoms with Gasteiger partial charge in [-0.3, -0.25) is 0 Å². The molecule has 114 valence electrons. The zero-order chi connectivity index (χ0) is 14.6. The molecule has 1 N–H and O–H groups in total. The maximum Gasteiger partial charge on any atom is 0.0950 e. The molecule has 1 unspecified atom stereocenters. The number of hydrogen-bond acceptors (Lipinski definition) is 4. The topological polar surface area (TPSA) is 39.7 Å². The van der Waals surface area contributed by atoms with Gasteiger partial charge in [-0.15, -0.1) is 0 Å². The standard InChI is InChI=1S/C16H27NO3/c1-4-17-13-16(15-7-5-14(2)6-8-15)20-12-11-19-10-9-18-3/h5-8,16-17H,4,9-13H2,1-3H3. The Morgan fingerprint density at radius 2 is 1.75 bits per heavy atom. The van der Waals surface area contributed by atoms with Gasteiger partial charge >= 0.3 is 0 Å². The highest BCUT2D eigenvalue weighted by atomic mass is 16.5. The lowest BCUT2D eigenvalue weighted by Gasteiger charge is -2.19. The summed E-state index contributed by atoms with van der Waals surface area (Å²) >= 11 is 0. The summed E-state index contributed by atoms with van der Waals surface area (Å²) in [6.45, 7) is 8.37. The van der Waals surface area contributed by atoms with Crippen LogP contribution in [0.1, 0.15) is 24.2 Å². The van der Waals surface area contributed by atoms with Crippen molar-refractivity contribution in [1.29, 1.82) is 0 Å². The summed E-state index contributed by atoms with van der Waals surface area (Å²) in [7, 11) is 1.67. The molecule has 0 spiro atoms. The van der Waals surface area contributed by atoms with Crippen LogP contribution in [0, 0.1) is 6.92 Å². The van der Waals surface area contributed by atoms with Gasteiger partial charge in [-0.1, -0.05) is 36.8 Å². The summed E-state index contributed by atoms with van der Waals surface area (Å²) in [5, 5.41) is 3.34. The number of aryl methyl sites for hydroxylation is 1. The van der Waals surface area contributed by atoms with Gasteiger partial charge in [0.2, 0.25) is 0 Å². The predicted octanol–water partition coefficient (Wildman–Crippen LogP) is 2.33. The lowest BCUT2D eigenvalue weighted by Crippen LogP contribution is -2.24. The third-order valence-corrected chi connectivity index (χ3v) is 3.01. The first-order valence-corrected chi connectivity index (χ1v) is 7.23. The Morgan fingerprint density at radius 1 is 1.05 bits per heavy atom. The first-order valence-electron chi connectivity index (χ1n) is 7.23. The van der Waals surface area contributed by atoms with E-state index in [4.69, 9.17) is 14.2 Å². The average Bonchev–Trinajstić information content (AvgIpc) is 2.47.